The lowest BCUT2D eigenvalue weighted by Gasteiger charge is -2.08. The maximum absolute atomic E-state index is 5.97. The summed E-state index contributed by atoms with van der Waals surface area (Å²) in [6.07, 6.45) is 7.06. The number of ether oxygens (including phenoxy) is 1. The summed E-state index contributed by atoms with van der Waals surface area (Å²) >= 11 is 1.68. The number of nitrogens with zero attached hydrogens (tertiary/aromatic N) is 5. The Kier molecular flexibility index (Phi) is 5.18. The zero-order valence-corrected chi connectivity index (χ0v) is 20.2. The molecular weight excluding hydrogens is 482 g/mol. The van der Waals surface area contributed by atoms with Crippen LogP contribution in [0.15, 0.2) is 90.8 Å². The number of H-pyrrole nitrogens is 2. The molecule has 0 fully saturated rings. The number of thiophene rings is 1. The quantitative estimate of drug-likeness (QED) is 0.278. The zero-order chi connectivity index (χ0) is 24.6. The third-order valence-corrected chi connectivity index (χ3v) is 7.00. The molecule has 0 atom stereocenters. The van der Waals surface area contributed by atoms with Crippen molar-refractivity contribution in [2.45, 2.75) is 6.61 Å². The van der Waals surface area contributed by atoms with Gasteiger partial charge in [-0.05, 0) is 35.2 Å². The molecule has 0 spiro atoms. The van der Waals surface area contributed by atoms with Crippen molar-refractivity contribution in [1.29, 1.82) is 0 Å². The van der Waals surface area contributed by atoms with Gasteiger partial charge in [0.15, 0.2) is 11.5 Å². The Morgan fingerprint density at radius 2 is 1.86 bits per heavy atom. The number of aromatic amines is 2. The highest BCUT2D eigenvalue weighted by Gasteiger charge is 2.17. The van der Waals surface area contributed by atoms with Crippen LogP contribution in [0.2, 0.25) is 0 Å². The van der Waals surface area contributed by atoms with Crippen LogP contribution in [0, 0.1) is 0 Å². The minimum Gasteiger partial charge on any atom is -0.487 e. The predicted molar refractivity (Wildman–Crippen MR) is 144 cm³/mol. The van der Waals surface area contributed by atoms with Crippen LogP contribution in [-0.4, -0.2) is 35.1 Å². The van der Waals surface area contributed by atoms with Gasteiger partial charge in [0, 0.05) is 33.8 Å². The molecule has 0 amide bonds. The van der Waals surface area contributed by atoms with Crippen LogP contribution >= 0.6 is 11.3 Å². The molecule has 37 heavy (non-hydrogen) atoms. The highest BCUT2D eigenvalue weighted by Crippen LogP contribution is 2.33. The van der Waals surface area contributed by atoms with E-state index in [2.05, 4.69) is 41.6 Å². The van der Waals surface area contributed by atoms with E-state index in [1.54, 1.807) is 36.1 Å². The predicted octanol–water partition coefficient (Wildman–Crippen LogP) is 6.27. The molecule has 6 aromatic heterocycles. The van der Waals surface area contributed by atoms with Crippen molar-refractivity contribution in [2.75, 3.05) is 0 Å². The second-order valence-electron chi connectivity index (χ2n) is 8.49. The molecule has 6 heterocycles. The van der Waals surface area contributed by atoms with Crippen molar-refractivity contribution in [3.05, 3.63) is 96.4 Å². The Hall–Kier alpha value is -4.89. The molecule has 0 radical (unpaired) electrons. The smallest absolute Gasteiger partial charge is 0.160 e. The Labute approximate surface area is 215 Å². The fraction of sp³-hybridized carbons (Fsp3) is 0.0357. The van der Waals surface area contributed by atoms with E-state index >= 15 is 0 Å². The summed E-state index contributed by atoms with van der Waals surface area (Å²) in [5.41, 5.74) is 6.82. The van der Waals surface area contributed by atoms with E-state index < -0.39 is 0 Å². The van der Waals surface area contributed by atoms with Gasteiger partial charge in [-0.15, -0.1) is 11.3 Å². The maximum Gasteiger partial charge on any atom is 0.160 e. The minimum atomic E-state index is 0.470. The highest BCUT2D eigenvalue weighted by molar-refractivity contribution is 7.13. The number of rotatable bonds is 6. The van der Waals surface area contributed by atoms with E-state index in [1.807, 2.05) is 54.6 Å². The topological polar surface area (TPSA) is 105 Å². The van der Waals surface area contributed by atoms with Crippen LogP contribution in [0.25, 0.3) is 55.3 Å². The number of pyridine rings is 3. The van der Waals surface area contributed by atoms with Crippen molar-refractivity contribution in [3.8, 4) is 39.0 Å². The molecule has 0 aliphatic heterocycles. The first-order valence-electron chi connectivity index (χ1n) is 11.7. The lowest BCUT2D eigenvalue weighted by Crippen LogP contribution is -1.96. The van der Waals surface area contributed by atoms with Gasteiger partial charge in [-0.1, -0.05) is 36.4 Å². The Balaban J connectivity index is 1.24. The summed E-state index contributed by atoms with van der Waals surface area (Å²) in [7, 11) is 0. The third-order valence-electron chi connectivity index (χ3n) is 6.10. The monoisotopic (exact) mass is 501 g/mol. The molecule has 9 heteroatoms. The fourth-order valence-corrected chi connectivity index (χ4v) is 5.04. The lowest BCUT2D eigenvalue weighted by molar-refractivity contribution is 0.305. The molecule has 0 bridgehead atoms. The summed E-state index contributed by atoms with van der Waals surface area (Å²) in [4.78, 5) is 22.9. The van der Waals surface area contributed by atoms with Crippen LogP contribution in [-0.2, 0) is 6.61 Å². The average Bonchev–Trinajstić information content (AvgIpc) is 3.71. The van der Waals surface area contributed by atoms with Crippen LogP contribution in [0.3, 0.4) is 0 Å². The minimum absolute atomic E-state index is 0.470. The van der Waals surface area contributed by atoms with Crippen molar-refractivity contribution >= 4 is 33.4 Å². The molecule has 0 unspecified atom stereocenters. The number of nitrogens with one attached hydrogen (secondary N) is 2. The molecule has 0 aliphatic carbocycles. The Morgan fingerprint density at radius 3 is 2.76 bits per heavy atom. The second-order valence-corrected chi connectivity index (χ2v) is 9.44. The molecule has 7 aromatic rings. The molecule has 0 saturated carbocycles. The van der Waals surface area contributed by atoms with E-state index in [4.69, 9.17) is 9.72 Å². The summed E-state index contributed by atoms with van der Waals surface area (Å²) in [6, 6.07) is 20.1. The first-order valence-corrected chi connectivity index (χ1v) is 12.5. The van der Waals surface area contributed by atoms with Crippen LogP contribution in [0.4, 0.5) is 0 Å². The fourth-order valence-electron chi connectivity index (χ4n) is 4.29. The second kappa shape index (κ2) is 8.96. The molecule has 1 aromatic carbocycles. The highest BCUT2D eigenvalue weighted by atomic mass is 32.1. The number of benzene rings is 1. The van der Waals surface area contributed by atoms with E-state index in [1.165, 1.54) is 0 Å². The molecular formula is C28H19N7OS. The first-order chi connectivity index (χ1) is 18.3. The third kappa shape index (κ3) is 4.01. The Morgan fingerprint density at radius 1 is 0.919 bits per heavy atom. The average molecular weight is 502 g/mol. The van der Waals surface area contributed by atoms with Crippen molar-refractivity contribution in [2.24, 2.45) is 0 Å². The van der Waals surface area contributed by atoms with Gasteiger partial charge in [-0.3, -0.25) is 15.1 Å². The van der Waals surface area contributed by atoms with Crippen LogP contribution in [0.5, 0.6) is 5.75 Å². The van der Waals surface area contributed by atoms with Gasteiger partial charge in [0.1, 0.15) is 23.6 Å². The van der Waals surface area contributed by atoms with Crippen molar-refractivity contribution < 1.29 is 4.74 Å². The maximum atomic E-state index is 5.97. The Bertz CT molecular complexity index is 1840. The van der Waals surface area contributed by atoms with E-state index in [0.717, 1.165) is 49.3 Å². The van der Waals surface area contributed by atoms with Crippen LogP contribution in [0.1, 0.15) is 5.56 Å². The number of fused-ring (bicyclic) bond motifs is 2. The molecule has 2 N–H and O–H groups in total. The first kappa shape index (κ1) is 21.4. The van der Waals surface area contributed by atoms with Crippen molar-refractivity contribution in [1.82, 2.24) is 35.1 Å². The van der Waals surface area contributed by atoms with Gasteiger partial charge in [0.2, 0.25) is 0 Å². The number of aromatic nitrogens is 7. The molecule has 7 rings (SSSR count). The molecule has 0 saturated heterocycles. The van der Waals surface area contributed by atoms with Crippen molar-refractivity contribution in [3.63, 3.8) is 0 Å². The van der Waals surface area contributed by atoms with Gasteiger partial charge in [-0.2, -0.15) is 5.10 Å². The summed E-state index contributed by atoms with van der Waals surface area (Å²) in [5, 5.41) is 10.6. The van der Waals surface area contributed by atoms with Crippen LogP contribution < -0.4 is 4.74 Å². The van der Waals surface area contributed by atoms with E-state index in [9.17, 15) is 0 Å². The summed E-state index contributed by atoms with van der Waals surface area (Å²) < 4.78 is 5.97. The summed E-state index contributed by atoms with van der Waals surface area (Å²) in [6.45, 7) is 0.470. The normalized spacial score (nSPS) is 11.4. The van der Waals surface area contributed by atoms with Gasteiger partial charge >= 0.3 is 0 Å². The van der Waals surface area contributed by atoms with E-state index in [0.29, 0.717) is 23.9 Å². The zero-order valence-electron chi connectivity index (χ0n) is 19.4. The standard InChI is InChI=1S/C28H19N7OS/c1-2-5-17(6-3-1)16-36-19-11-18(13-29-14-19)22-12-21-23(15-31-22)34-35-26(21)28-32-25-20(24-7-4-10-37-24)8-9-30-27(25)33-28/h1-15H,16H2,(H,34,35)(H,30,32,33). The largest absolute Gasteiger partial charge is 0.487 e. The molecule has 0 aliphatic rings. The van der Waals surface area contributed by atoms with Gasteiger partial charge in [0.05, 0.1) is 23.6 Å². The SMILES string of the molecule is c1ccc(COc2cncc(-c3cc4c(-c5nc6c(-c7cccs7)ccnc6[nH]5)n[nH]c4cn3)c2)cc1. The summed E-state index contributed by atoms with van der Waals surface area (Å²) in [5.74, 6) is 1.33. The number of imidazole rings is 1. The van der Waals surface area contributed by atoms with Gasteiger partial charge < -0.3 is 9.72 Å². The molecule has 178 valence electrons. The lowest BCUT2D eigenvalue weighted by atomic mass is 10.1. The van der Waals surface area contributed by atoms with E-state index in [-0.39, 0.29) is 0 Å². The molecule has 8 nitrogen and oxygen atoms in total. The number of hydrogen-bond acceptors (Lipinski definition) is 7. The number of hydrogen-bond donors (Lipinski definition) is 2. The van der Waals surface area contributed by atoms with Gasteiger partial charge in [0.25, 0.3) is 0 Å². The van der Waals surface area contributed by atoms with Gasteiger partial charge in [-0.25, -0.2) is 9.97 Å².